The number of carbonyl (C=O) groups excluding carboxylic acids is 2. The van der Waals surface area contributed by atoms with Crippen molar-refractivity contribution < 1.29 is 14.1 Å². The number of carbonyl (C=O) groups is 2. The summed E-state index contributed by atoms with van der Waals surface area (Å²) >= 11 is 0. The number of likely N-dealkylation sites (tertiary alicyclic amines) is 1. The van der Waals surface area contributed by atoms with E-state index in [1.165, 1.54) is 16.5 Å². The van der Waals surface area contributed by atoms with Crippen LogP contribution in [0.15, 0.2) is 35.0 Å². The average molecular weight is 366 g/mol. The zero-order chi connectivity index (χ0) is 19.0. The fraction of sp³-hybridized carbons (Fsp3) is 0.350. The number of nitrogens with one attached hydrogen (secondary N) is 2. The van der Waals surface area contributed by atoms with Crippen molar-refractivity contribution in [2.75, 3.05) is 18.4 Å². The number of amides is 2. The van der Waals surface area contributed by atoms with E-state index in [4.69, 9.17) is 4.52 Å². The lowest BCUT2D eigenvalue weighted by Gasteiger charge is -2.16. The predicted molar refractivity (Wildman–Crippen MR) is 101 cm³/mol. The third-order valence-corrected chi connectivity index (χ3v) is 5.04. The maximum absolute atomic E-state index is 12.4. The normalized spacial score (nSPS) is 17.0. The Balaban J connectivity index is 1.37. The third kappa shape index (κ3) is 3.58. The molecular formula is C20H22N4O3. The molecule has 1 fully saturated rings. The Hall–Kier alpha value is -3.09. The summed E-state index contributed by atoms with van der Waals surface area (Å²) < 4.78 is 4.95. The Labute approximate surface area is 156 Å². The van der Waals surface area contributed by atoms with Gasteiger partial charge >= 0.3 is 0 Å². The number of rotatable bonds is 5. The number of aryl methyl sites for hydroxylation is 2. The van der Waals surface area contributed by atoms with Gasteiger partial charge in [0.1, 0.15) is 5.76 Å². The van der Waals surface area contributed by atoms with Crippen molar-refractivity contribution >= 4 is 28.5 Å². The summed E-state index contributed by atoms with van der Waals surface area (Å²) in [7, 11) is 0. The van der Waals surface area contributed by atoms with Gasteiger partial charge in [-0.2, -0.15) is 0 Å². The van der Waals surface area contributed by atoms with Gasteiger partial charge < -0.3 is 19.7 Å². The number of aromatic nitrogens is 2. The fourth-order valence-electron chi connectivity index (χ4n) is 3.57. The van der Waals surface area contributed by atoms with Crippen LogP contribution in [0.3, 0.4) is 0 Å². The fourth-order valence-corrected chi connectivity index (χ4v) is 3.57. The molecule has 0 saturated carbocycles. The number of hydrogen-bond donors (Lipinski definition) is 2. The minimum atomic E-state index is -0.361. The summed E-state index contributed by atoms with van der Waals surface area (Å²) in [6.45, 7) is 4.87. The van der Waals surface area contributed by atoms with Crippen LogP contribution in [0.1, 0.15) is 23.3 Å². The molecular weight excluding hydrogens is 344 g/mol. The Morgan fingerprint density at radius 1 is 1.37 bits per heavy atom. The number of benzene rings is 1. The number of aromatic amines is 1. The van der Waals surface area contributed by atoms with Crippen molar-refractivity contribution in [1.29, 1.82) is 0 Å². The molecule has 1 unspecified atom stereocenters. The SMILES string of the molecule is Cc1ccc2[nH]cc(CCN3CC(C(=O)Nc4cc(C)on4)CC3=O)c2c1. The second kappa shape index (κ2) is 6.90. The summed E-state index contributed by atoms with van der Waals surface area (Å²) in [4.78, 5) is 29.8. The molecule has 2 aromatic heterocycles. The first-order valence-corrected chi connectivity index (χ1v) is 9.08. The molecule has 1 aliphatic rings. The Bertz CT molecular complexity index is 1000. The smallest absolute Gasteiger partial charge is 0.231 e. The first kappa shape index (κ1) is 17.3. The lowest BCUT2D eigenvalue weighted by atomic mass is 10.1. The molecule has 1 aliphatic heterocycles. The summed E-state index contributed by atoms with van der Waals surface area (Å²) in [6, 6.07) is 7.96. The van der Waals surface area contributed by atoms with Gasteiger partial charge in [0.15, 0.2) is 5.82 Å². The first-order chi connectivity index (χ1) is 13.0. The monoisotopic (exact) mass is 366 g/mol. The molecule has 27 heavy (non-hydrogen) atoms. The topological polar surface area (TPSA) is 91.2 Å². The molecule has 1 aromatic carbocycles. The van der Waals surface area contributed by atoms with Crippen molar-refractivity contribution in [1.82, 2.24) is 15.0 Å². The molecule has 0 spiro atoms. The molecule has 2 amide bonds. The molecule has 3 aromatic rings. The maximum atomic E-state index is 12.4. The largest absolute Gasteiger partial charge is 0.361 e. The predicted octanol–water partition coefficient (Wildman–Crippen LogP) is 2.80. The molecule has 3 heterocycles. The number of hydrogen-bond acceptors (Lipinski definition) is 4. The van der Waals surface area contributed by atoms with Gasteiger partial charge in [0.25, 0.3) is 0 Å². The van der Waals surface area contributed by atoms with Crippen molar-refractivity contribution in [2.24, 2.45) is 5.92 Å². The molecule has 1 saturated heterocycles. The van der Waals surface area contributed by atoms with Gasteiger partial charge in [-0.3, -0.25) is 9.59 Å². The van der Waals surface area contributed by atoms with Crippen molar-refractivity contribution in [3.05, 3.63) is 47.3 Å². The van der Waals surface area contributed by atoms with Gasteiger partial charge in [-0.15, -0.1) is 0 Å². The van der Waals surface area contributed by atoms with Crippen LogP contribution in [-0.4, -0.2) is 39.9 Å². The van der Waals surface area contributed by atoms with Crippen molar-refractivity contribution in [2.45, 2.75) is 26.7 Å². The van der Waals surface area contributed by atoms with Gasteiger partial charge in [-0.05, 0) is 38.0 Å². The molecule has 2 N–H and O–H groups in total. The Kier molecular flexibility index (Phi) is 4.43. The van der Waals surface area contributed by atoms with Crippen LogP contribution >= 0.6 is 0 Å². The highest BCUT2D eigenvalue weighted by molar-refractivity contribution is 5.96. The van der Waals surface area contributed by atoms with Crippen molar-refractivity contribution in [3.63, 3.8) is 0 Å². The van der Waals surface area contributed by atoms with Crippen LogP contribution < -0.4 is 5.32 Å². The quantitative estimate of drug-likeness (QED) is 0.726. The van der Waals surface area contributed by atoms with Crippen LogP contribution in [-0.2, 0) is 16.0 Å². The van der Waals surface area contributed by atoms with E-state index in [0.717, 1.165) is 11.9 Å². The van der Waals surface area contributed by atoms with Gasteiger partial charge in [0, 0.05) is 42.7 Å². The standard InChI is InChI=1S/C20H22N4O3/c1-12-3-4-17-16(7-12)14(10-21-17)5-6-24-11-15(9-19(24)25)20(26)22-18-8-13(2)27-23-18/h3-4,7-8,10,15,21H,5-6,9,11H2,1-2H3,(H,22,23,26). The lowest BCUT2D eigenvalue weighted by Crippen LogP contribution is -2.30. The molecule has 140 valence electrons. The van der Waals surface area contributed by atoms with E-state index in [1.807, 2.05) is 6.20 Å². The summed E-state index contributed by atoms with van der Waals surface area (Å²) in [6.07, 6.45) is 2.99. The minimum Gasteiger partial charge on any atom is -0.361 e. The van der Waals surface area contributed by atoms with E-state index >= 15 is 0 Å². The van der Waals surface area contributed by atoms with E-state index in [-0.39, 0.29) is 24.2 Å². The molecule has 4 rings (SSSR count). The lowest BCUT2D eigenvalue weighted by molar-refractivity contribution is -0.128. The highest BCUT2D eigenvalue weighted by Gasteiger charge is 2.34. The van der Waals surface area contributed by atoms with Crippen LogP contribution in [0.4, 0.5) is 5.82 Å². The molecule has 0 aliphatic carbocycles. The van der Waals surface area contributed by atoms with Crippen LogP contribution in [0.25, 0.3) is 10.9 Å². The van der Waals surface area contributed by atoms with Crippen LogP contribution in [0, 0.1) is 19.8 Å². The second-order valence-electron chi connectivity index (χ2n) is 7.17. The van der Waals surface area contributed by atoms with E-state index in [9.17, 15) is 9.59 Å². The summed E-state index contributed by atoms with van der Waals surface area (Å²) in [5.41, 5.74) is 3.50. The van der Waals surface area contributed by atoms with Gasteiger partial charge in [0.2, 0.25) is 11.8 Å². The second-order valence-corrected chi connectivity index (χ2v) is 7.17. The van der Waals surface area contributed by atoms with E-state index < -0.39 is 0 Å². The minimum absolute atomic E-state index is 0.0162. The number of nitrogens with zero attached hydrogens (tertiary/aromatic N) is 2. The third-order valence-electron chi connectivity index (χ3n) is 5.04. The average Bonchev–Trinajstić information content (AvgIpc) is 3.32. The summed E-state index contributed by atoms with van der Waals surface area (Å²) in [5.74, 6) is 0.477. The maximum Gasteiger partial charge on any atom is 0.231 e. The van der Waals surface area contributed by atoms with E-state index in [1.54, 1.807) is 17.9 Å². The first-order valence-electron chi connectivity index (χ1n) is 9.08. The van der Waals surface area contributed by atoms with Crippen LogP contribution in [0.5, 0.6) is 0 Å². The number of H-pyrrole nitrogens is 1. The van der Waals surface area contributed by atoms with Crippen molar-refractivity contribution in [3.8, 4) is 0 Å². The molecule has 7 nitrogen and oxygen atoms in total. The van der Waals surface area contributed by atoms with E-state index in [2.05, 4.69) is 40.6 Å². The number of fused-ring (bicyclic) bond motifs is 1. The summed E-state index contributed by atoms with van der Waals surface area (Å²) in [5, 5.41) is 7.67. The molecule has 0 radical (unpaired) electrons. The van der Waals surface area contributed by atoms with Gasteiger partial charge in [-0.25, -0.2) is 0 Å². The molecule has 0 bridgehead atoms. The molecule has 1 atom stereocenters. The van der Waals surface area contributed by atoms with Crippen LogP contribution in [0.2, 0.25) is 0 Å². The molecule has 7 heteroatoms. The highest BCUT2D eigenvalue weighted by Crippen LogP contribution is 2.23. The highest BCUT2D eigenvalue weighted by atomic mass is 16.5. The van der Waals surface area contributed by atoms with Gasteiger partial charge in [-0.1, -0.05) is 16.8 Å². The van der Waals surface area contributed by atoms with Gasteiger partial charge in [0.05, 0.1) is 5.92 Å². The Morgan fingerprint density at radius 2 is 2.22 bits per heavy atom. The Morgan fingerprint density at radius 3 is 3.00 bits per heavy atom. The zero-order valence-corrected chi connectivity index (χ0v) is 15.4. The van der Waals surface area contributed by atoms with E-state index in [0.29, 0.717) is 24.7 Å². The zero-order valence-electron chi connectivity index (χ0n) is 15.4. The number of anilines is 1.